The molecular formula is C14H20F2N2O3S. The van der Waals surface area contributed by atoms with Crippen LogP contribution in [0.5, 0.6) is 0 Å². The Balaban J connectivity index is 2.03. The fraction of sp³-hybridized carbons (Fsp3) is 0.571. The fourth-order valence-electron chi connectivity index (χ4n) is 2.61. The van der Waals surface area contributed by atoms with E-state index >= 15 is 0 Å². The zero-order valence-electron chi connectivity index (χ0n) is 12.3. The van der Waals surface area contributed by atoms with E-state index in [9.17, 15) is 17.2 Å². The Morgan fingerprint density at radius 2 is 2.05 bits per heavy atom. The lowest BCUT2D eigenvalue weighted by Gasteiger charge is -2.29. The Bertz CT molecular complexity index is 585. The SMILES string of the molecule is COCC1(CNc2ccc(S(=O)(=O)C(F)F)cc2)CCCN1. The number of ether oxygens (including phenoxy) is 1. The molecule has 1 unspecified atom stereocenters. The monoisotopic (exact) mass is 334 g/mol. The third-order valence-electron chi connectivity index (χ3n) is 3.80. The van der Waals surface area contributed by atoms with E-state index in [2.05, 4.69) is 10.6 Å². The van der Waals surface area contributed by atoms with E-state index in [1.807, 2.05) is 0 Å². The average Bonchev–Trinajstić information content (AvgIpc) is 2.95. The Labute approximate surface area is 129 Å². The summed E-state index contributed by atoms with van der Waals surface area (Å²) in [5.74, 6) is -3.40. The molecule has 1 aliphatic rings. The van der Waals surface area contributed by atoms with Crippen molar-refractivity contribution in [1.82, 2.24) is 5.32 Å². The third-order valence-corrected chi connectivity index (χ3v) is 5.20. The average molecular weight is 334 g/mol. The van der Waals surface area contributed by atoms with Crippen LogP contribution in [-0.2, 0) is 14.6 Å². The molecule has 0 aliphatic carbocycles. The summed E-state index contributed by atoms with van der Waals surface area (Å²) in [6.45, 7) is 2.11. The summed E-state index contributed by atoms with van der Waals surface area (Å²) in [5.41, 5.74) is 0.528. The van der Waals surface area contributed by atoms with Gasteiger partial charge in [0.25, 0.3) is 0 Å². The summed E-state index contributed by atoms with van der Waals surface area (Å²) in [6, 6.07) is 5.36. The van der Waals surface area contributed by atoms with Crippen LogP contribution in [0.1, 0.15) is 12.8 Å². The van der Waals surface area contributed by atoms with Crippen LogP contribution in [-0.4, -0.2) is 46.5 Å². The molecule has 0 radical (unpaired) electrons. The molecule has 0 aromatic heterocycles. The molecular weight excluding hydrogens is 314 g/mol. The largest absolute Gasteiger partial charge is 0.383 e. The summed E-state index contributed by atoms with van der Waals surface area (Å²) < 4.78 is 52.9. The topological polar surface area (TPSA) is 67.4 Å². The number of nitrogens with one attached hydrogen (secondary N) is 2. The van der Waals surface area contributed by atoms with Crippen molar-refractivity contribution in [2.75, 3.05) is 32.1 Å². The number of anilines is 1. The van der Waals surface area contributed by atoms with E-state index in [0.717, 1.165) is 19.4 Å². The lowest BCUT2D eigenvalue weighted by atomic mass is 9.98. The van der Waals surface area contributed by atoms with Crippen molar-refractivity contribution < 1.29 is 21.9 Å². The second kappa shape index (κ2) is 6.89. The molecule has 0 amide bonds. The van der Waals surface area contributed by atoms with Crippen LogP contribution in [0.4, 0.5) is 14.5 Å². The van der Waals surface area contributed by atoms with Gasteiger partial charge in [0.15, 0.2) is 0 Å². The van der Waals surface area contributed by atoms with Gasteiger partial charge in [0.2, 0.25) is 9.84 Å². The first-order valence-electron chi connectivity index (χ1n) is 7.00. The number of alkyl halides is 2. The zero-order valence-corrected chi connectivity index (χ0v) is 13.1. The maximum absolute atomic E-state index is 12.5. The lowest BCUT2D eigenvalue weighted by molar-refractivity contribution is 0.127. The summed E-state index contributed by atoms with van der Waals surface area (Å²) in [7, 11) is -2.89. The van der Waals surface area contributed by atoms with Crippen molar-refractivity contribution in [2.24, 2.45) is 0 Å². The molecule has 1 heterocycles. The predicted molar refractivity (Wildman–Crippen MR) is 80.0 cm³/mol. The number of halogens is 2. The van der Waals surface area contributed by atoms with Crippen LogP contribution < -0.4 is 10.6 Å². The van der Waals surface area contributed by atoms with Gasteiger partial charge in [-0.25, -0.2) is 8.42 Å². The van der Waals surface area contributed by atoms with Crippen LogP contribution in [0.25, 0.3) is 0 Å². The minimum Gasteiger partial charge on any atom is -0.383 e. The zero-order chi connectivity index (χ0) is 16.2. The molecule has 1 aromatic carbocycles. The molecule has 5 nitrogen and oxygen atoms in total. The highest BCUT2D eigenvalue weighted by Crippen LogP contribution is 2.23. The third kappa shape index (κ3) is 3.74. The normalized spacial score (nSPS) is 22.2. The second-order valence-electron chi connectivity index (χ2n) is 5.43. The van der Waals surface area contributed by atoms with Crippen molar-refractivity contribution in [3.63, 3.8) is 0 Å². The lowest BCUT2D eigenvalue weighted by Crippen LogP contribution is -2.49. The maximum Gasteiger partial charge on any atom is 0.341 e. The van der Waals surface area contributed by atoms with Gasteiger partial charge < -0.3 is 15.4 Å². The number of sulfone groups is 1. The van der Waals surface area contributed by atoms with Gasteiger partial charge in [0.1, 0.15) is 0 Å². The Morgan fingerprint density at radius 3 is 2.55 bits per heavy atom. The first-order chi connectivity index (χ1) is 10.4. The minimum absolute atomic E-state index is 0.150. The van der Waals surface area contributed by atoms with Gasteiger partial charge in [-0.05, 0) is 43.7 Å². The highest BCUT2D eigenvalue weighted by atomic mass is 32.2. The van der Waals surface area contributed by atoms with Crippen molar-refractivity contribution in [2.45, 2.75) is 29.0 Å². The minimum atomic E-state index is -4.54. The number of rotatable bonds is 7. The van der Waals surface area contributed by atoms with Crippen LogP contribution in [0, 0.1) is 0 Å². The number of methoxy groups -OCH3 is 1. The van der Waals surface area contributed by atoms with E-state index in [1.54, 1.807) is 7.11 Å². The molecule has 0 saturated carbocycles. The number of benzene rings is 1. The van der Waals surface area contributed by atoms with E-state index in [-0.39, 0.29) is 10.4 Å². The molecule has 0 spiro atoms. The molecule has 22 heavy (non-hydrogen) atoms. The Hall–Kier alpha value is -1.25. The van der Waals surface area contributed by atoms with Gasteiger partial charge in [0, 0.05) is 19.3 Å². The Kier molecular flexibility index (Phi) is 5.36. The highest BCUT2D eigenvalue weighted by molar-refractivity contribution is 7.91. The van der Waals surface area contributed by atoms with Crippen molar-refractivity contribution >= 4 is 15.5 Å². The molecule has 1 aromatic rings. The van der Waals surface area contributed by atoms with Crippen LogP contribution in [0.2, 0.25) is 0 Å². The molecule has 1 fully saturated rings. The van der Waals surface area contributed by atoms with Crippen LogP contribution >= 0.6 is 0 Å². The fourth-order valence-corrected chi connectivity index (χ4v) is 3.33. The van der Waals surface area contributed by atoms with Gasteiger partial charge >= 0.3 is 5.76 Å². The smallest absolute Gasteiger partial charge is 0.341 e. The van der Waals surface area contributed by atoms with Gasteiger partial charge in [-0.1, -0.05) is 0 Å². The molecule has 1 aliphatic heterocycles. The first-order valence-corrected chi connectivity index (χ1v) is 8.54. The molecule has 8 heteroatoms. The highest BCUT2D eigenvalue weighted by Gasteiger charge is 2.33. The molecule has 1 saturated heterocycles. The van der Waals surface area contributed by atoms with Crippen LogP contribution in [0.3, 0.4) is 0 Å². The van der Waals surface area contributed by atoms with Crippen LogP contribution in [0.15, 0.2) is 29.2 Å². The number of hydrogen-bond acceptors (Lipinski definition) is 5. The van der Waals surface area contributed by atoms with Gasteiger partial charge in [-0.15, -0.1) is 0 Å². The van der Waals surface area contributed by atoms with Gasteiger partial charge in [-0.3, -0.25) is 0 Å². The van der Waals surface area contributed by atoms with E-state index in [0.29, 0.717) is 18.8 Å². The number of hydrogen-bond donors (Lipinski definition) is 2. The predicted octanol–water partition coefficient (Wildman–Crippen LogP) is 1.86. The summed E-state index contributed by atoms with van der Waals surface area (Å²) in [5, 5.41) is 6.60. The second-order valence-corrected chi connectivity index (χ2v) is 7.35. The van der Waals surface area contributed by atoms with E-state index in [4.69, 9.17) is 4.74 Å². The van der Waals surface area contributed by atoms with Crippen molar-refractivity contribution in [3.05, 3.63) is 24.3 Å². The molecule has 0 bridgehead atoms. The molecule has 2 N–H and O–H groups in total. The standard InChI is InChI=1S/C14H20F2N2O3S/c1-21-10-14(7-2-8-18-14)9-17-11-3-5-12(6-4-11)22(19,20)13(15)16/h3-6,13,17-18H,2,7-10H2,1H3. The first kappa shape index (κ1) is 17.1. The molecule has 2 rings (SSSR count). The van der Waals surface area contributed by atoms with Gasteiger partial charge in [-0.2, -0.15) is 8.78 Å². The molecule has 124 valence electrons. The van der Waals surface area contributed by atoms with Crippen molar-refractivity contribution in [1.29, 1.82) is 0 Å². The summed E-state index contributed by atoms with van der Waals surface area (Å²) in [4.78, 5) is -0.376. The molecule has 1 atom stereocenters. The van der Waals surface area contributed by atoms with Gasteiger partial charge in [0.05, 0.1) is 17.0 Å². The van der Waals surface area contributed by atoms with E-state index in [1.165, 1.54) is 24.3 Å². The Morgan fingerprint density at radius 1 is 1.36 bits per heavy atom. The summed E-state index contributed by atoms with van der Waals surface area (Å²) >= 11 is 0. The van der Waals surface area contributed by atoms with Crippen molar-refractivity contribution in [3.8, 4) is 0 Å². The maximum atomic E-state index is 12.5. The quantitative estimate of drug-likeness (QED) is 0.797. The summed E-state index contributed by atoms with van der Waals surface area (Å²) in [6.07, 6.45) is 2.04. The van der Waals surface area contributed by atoms with E-state index < -0.39 is 15.6 Å².